The van der Waals surface area contributed by atoms with Crippen LogP contribution in [0.5, 0.6) is 0 Å². The van der Waals surface area contributed by atoms with E-state index in [9.17, 15) is 4.79 Å². The van der Waals surface area contributed by atoms with Gasteiger partial charge in [-0.05, 0) is 49.9 Å². The number of hydrogen-bond donors (Lipinski definition) is 0. The maximum atomic E-state index is 11.1. The van der Waals surface area contributed by atoms with Crippen molar-refractivity contribution >= 4 is 5.78 Å². The van der Waals surface area contributed by atoms with Crippen LogP contribution in [0.15, 0.2) is 18.2 Å². The fraction of sp³-hybridized carbons (Fsp3) is 0.562. The Morgan fingerprint density at radius 1 is 1.11 bits per heavy atom. The van der Waals surface area contributed by atoms with Crippen molar-refractivity contribution in [2.45, 2.75) is 39.5 Å². The minimum Gasteiger partial charge on any atom is -0.302 e. The molecule has 2 heteroatoms. The lowest BCUT2D eigenvalue weighted by atomic mass is 10.0. The summed E-state index contributed by atoms with van der Waals surface area (Å²) in [5.41, 5.74) is 4.19. The van der Waals surface area contributed by atoms with Crippen molar-refractivity contribution in [2.75, 3.05) is 19.6 Å². The van der Waals surface area contributed by atoms with Gasteiger partial charge in [-0.3, -0.25) is 4.79 Å². The van der Waals surface area contributed by atoms with Crippen molar-refractivity contribution in [1.82, 2.24) is 4.90 Å². The molecule has 98 valence electrons. The summed E-state index contributed by atoms with van der Waals surface area (Å²) in [6.45, 7) is 7.39. The van der Waals surface area contributed by atoms with Gasteiger partial charge in [0.2, 0.25) is 0 Å². The van der Waals surface area contributed by atoms with E-state index in [0.29, 0.717) is 5.78 Å². The maximum absolute atomic E-state index is 11.1. The second kappa shape index (κ2) is 6.14. The van der Waals surface area contributed by atoms with E-state index in [0.717, 1.165) is 38.9 Å². The molecule has 2 nitrogen and oxygen atoms in total. The lowest BCUT2D eigenvalue weighted by Crippen LogP contribution is -2.34. The van der Waals surface area contributed by atoms with Crippen LogP contribution in [0.25, 0.3) is 0 Å². The summed E-state index contributed by atoms with van der Waals surface area (Å²) >= 11 is 0. The molecule has 2 rings (SSSR count). The van der Waals surface area contributed by atoms with Gasteiger partial charge in [0.15, 0.2) is 0 Å². The third-order valence-electron chi connectivity index (χ3n) is 3.92. The number of ketones is 1. The normalized spacial score (nSPS) is 17.1. The van der Waals surface area contributed by atoms with Crippen LogP contribution in [0.3, 0.4) is 0 Å². The summed E-state index contributed by atoms with van der Waals surface area (Å²) in [5, 5.41) is 0. The minimum absolute atomic E-state index is 0.431. The van der Waals surface area contributed by atoms with Gasteiger partial charge in [-0.1, -0.05) is 18.2 Å². The Kier molecular flexibility index (Phi) is 4.54. The minimum atomic E-state index is 0.431. The van der Waals surface area contributed by atoms with Crippen LogP contribution in [-0.4, -0.2) is 30.3 Å². The molecule has 1 aromatic rings. The zero-order valence-electron chi connectivity index (χ0n) is 11.5. The monoisotopic (exact) mass is 245 g/mol. The zero-order valence-corrected chi connectivity index (χ0v) is 11.5. The van der Waals surface area contributed by atoms with Gasteiger partial charge in [-0.25, -0.2) is 0 Å². The summed E-state index contributed by atoms with van der Waals surface area (Å²) in [6.07, 6.45) is 3.84. The van der Waals surface area contributed by atoms with Gasteiger partial charge in [-0.15, -0.1) is 0 Å². The third-order valence-corrected chi connectivity index (χ3v) is 3.92. The molecule has 1 heterocycles. The second-order valence-corrected chi connectivity index (χ2v) is 5.40. The maximum Gasteiger partial charge on any atom is 0.135 e. The van der Waals surface area contributed by atoms with Gasteiger partial charge >= 0.3 is 0 Å². The van der Waals surface area contributed by atoms with Gasteiger partial charge in [0.05, 0.1) is 0 Å². The fourth-order valence-electron chi connectivity index (χ4n) is 2.49. The molecular weight excluding hydrogens is 222 g/mol. The Balaban J connectivity index is 1.74. The highest BCUT2D eigenvalue weighted by atomic mass is 16.1. The molecule has 1 aromatic carbocycles. The number of Topliss-reactive ketones (excluding diaryl/α,β-unsaturated/α-hetero) is 1. The number of aryl methyl sites for hydroxylation is 3. The average Bonchev–Trinajstić information content (AvgIpc) is 2.36. The van der Waals surface area contributed by atoms with E-state index in [1.54, 1.807) is 0 Å². The molecule has 18 heavy (non-hydrogen) atoms. The Morgan fingerprint density at radius 2 is 1.83 bits per heavy atom. The lowest BCUT2D eigenvalue weighted by molar-refractivity contribution is -0.121. The molecule has 0 amide bonds. The van der Waals surface area contributed by atoms with Crippen LogP contribution in [-0.2, 0) is 11.2 Å². The Labute approximate surface area is 110 Å². The Morgan fingerprint density at radius 3 is 2.50 bits per heavy atom. The first kappa shape index (κ1) is 13.3. The van der Waals surface area contributed by atoms with E-state index >= 15 is 0 Å². The number of benzene rings is 1. The van der Waals surface area contributed by atoms with Crippen LogP contribution in [0.4, 0.5) is 0 Å². The van der Waals surface area contributed by atoms with E-state index in [1.807, 2.05) is 0 Å². The molecule has 0 radical (unpaired) electrons. The predicted octanol–water partition coefficient (Wildman–Crippen LogP) is 2.90. The number of piperidine rings is 1. The topological polar surface area (TPSA) is 20.3 Å². The van der Waals surface area contributed by atoms with Crippen LogP contribution >= 0.6 is 0 Å². The summed E-state index contributed by atoms with van der Waals surface area (Å²) in [5.74, 6) is 0.431. The molecule has 0 saturated carbocycles. The highest BCUT2D eigenvalue weighted by molar-refractivity contribution is 5.79. The molecule has 0 bridgehead atoms. The number of carbonyl (C=O) groups is 1. The van der Waals surface area contributed by atoms with E-state index in [4.69, 9.17) is 0 Å². The number of rotatable bonds is 4. The number of nitrogens with zero attached hydrogens (tertiary/aromatic N) is 1. The van der Waals surface area contributed by atoms with Crippen molar-refractivity contribution in [2.24, 2.45) is 0 Å². The molecule has 1 fully saturated rings. The van der Waals surface area contributed by atoms with E-state index in [2.05, 4.69) is 36.9 Å². The van der Waals surface area contributed by atoms with Crippen molar-refractivity contribution in [3.8, 4) is 0 Å². The SMILES string of the molecule is Cc1ccc(CCCN2CCC(=O)CC2)cc1C. The van der Waals surface area contributed by atoms with Gasteiger partial charge in [0.25, 0.3) is 0 Å². The first-order valence-electron chi connectivity index (χ1n) is 6.95. The van der Waals surface area contributed by atoms with E-state index in [1.165, 1.54) is 23.1 Å². The largest absolute Gasteiger partial charge is 0.302 e. The fourth-order valence-corrected chi connectivity index (χ4v) is 2.49. The molecule has 0 aliphatic carbocycles. The smallest absolute Gasteiger partial charge is 0.135 e. The summed E-state index contributed by atoms with van der Waals surface area (Å²) < 4.78 is 0. The first-order chi connectivity index (χ1) is 8.65. The summed E-state index contributed by atoms with van der Waals surface area (Å²) in [6, 6.07) is 6.75. The van der Waals surface area contributed by atoms with Crippen molar-refractivity contribution in [3.63, 3.8) is 0 Å². The van der Waals surface area contributed by atoms with Gasteiger partial charge in [0, 0.05) is 25.9 Å². The standard InChI is InChI=1S/C16H23NO/c1-13-5-6-15(12-14(13)2)4-3-9-17-10-7-16(18)8-11-17/h5-6,12H,3-4,7-11H2,1-2H3. The summed E-state index contributed by atoms with van der Waals surface area (Å²) in [4.78, 5) is 13.6. The molecule has 1 saturated heterocycles. The average molecular weight is 245 g/mol. The number of hydrogen-bond acceptors (Lipinski definition) is 2. The number of likely N-dealkylation sites (tertiary alicyclic amines) is 1. The highest BCUT2D eigenvalue weighted by Gasteiger charge is 2.15. The molecule has 1 aliphatic heterocycles. The Hall–Kier alpha value is -1.15. The van der Waals surface area contributed by atoms with E-state index in [-0.39, 0.29) is 0 Å². The van der Waals surface area contributed by atoms with Crippen molar-refractivity contribution in [1.29, 1.82) is 0 Å². The van der Waals surface area contributed by atoms with Crippen LogP contribution in [0, 0.1) is 13.8 Å². The zero-order chi connectivity index (χ0) is 13.0. The summed E-state index contributed by atoms with van der Waals surface area (Å²) in [7, 11) is 0. The molecule has 0 aromatic heterocycles. The molecule has 0 N–H and O–H groups in total. The van der Waals surface area contributed by atoms with Gasteiger partial charge in [0.1, 0.15) is 5.78 Å². The molecule has 0 unspecified atom stereocenters. The molecule has 0 spiro atoms. The predicted molar refractivity (Wildman–Crippen MR) is 74.9 cm³/mol. The van der Waals surface area contributed by atoms with Crippen LogP contribution in [0.1, 0.15) is 36.0 Å². The number of carbonyl (C=O) groups excluding carboxylic acids is 1. The Bertz CT molecular complexity index is 415. The van der Waals surface area contributed by atoms with Crippen molar-refractivity contribution < 1.29 is 4.79 Å². The first-order valence-corrected chi connectivity index (χ1v) is 6.95. The van der Waals surface area contributed by atoms with Crippen LogP contribution in [0.2, 0.25) is 0 Å². The lowest BCUT2D eigenvalue weighted by Gasteiger charge is -2.25. The van der Waals surface area contributed by atoms with Gasteiger partial charge < -0.3 is 4.90 Å². The van der Waals surface area contributed by atoms with Crippen molar-refractivity contribution in [3.05, 3.63) is 34.9 Å². The van der Waals surface area contributed by atoms with Gasteiger partial charge in [-0.2, -0.15) is 0 Å². The van der Waals surface area contributed by atoms with E-state index < -0.39 is 0 Å². The third kappa shape index (κ3) is 3.67. The molecular formula is C16H23NO. The quantitative estimate of drug-likeness (QED) is 0.813. The molecule has 0 atom stereocenters. The van der Waals surface area contributed by atoms with Crippen LogP contribution < -0.4 is 0 Å². The molecule has 1 aliphatic rings. The highest BCUT2D eigenvalue weighted by Crippen LogP contribution is 2.12. The second-order valence-electron chi connectivity index (χ2n) is 5.40.